The second kappa shape index (κ2) is 4.19. The molecular formula is C12H10F2N4O2. The molecule has 1 aromatic carbocycles. The maximum absolute atomic E-state index is 12.9. The maximum Gasteiger partial charge on any atom is 0.586 e. The van der Waals surface area contributed by atoms with Gasteiger partial charge < -0.3 is 20.5 Å². The Hall–Kier alpha value is -2.64. The molecule has 2 heterocycles. The minimum atomic E-state index is -3.63. The number of rotatable bonds is 2. The fourth-order valence-corrected chi connectivity index (χ4v) is 1.75. The second-order valence-electron chi connectivity index (χ2n) is 4.21. The molecule has 3 rings (SSSR count). The Balaban J connectivity index is 1.88. The molecule has 3 N–H and O–H groups in total. The van der Waals surface area contributed by atoms with Crippen molar-refractivity contribution in [3.63, 3.8) is 0 Å². The van der Waals surface area contributed by atoms with Crippen LogP contribution in [-0.2, 0) is 0 Å². The Morgan fingerprint density at radius 2 is 2.00 bits per heavy atom. The number of hydrogen-bond acceptors (Lipinski definition) is 6. The van der Waals surface area contributed by atoms with E-state index in [1.165, 1.54) is 12.1 Å². The summed E-state index contributed by atoms with van der Waals surface area (Å²) in [6.45, 7) is 1.79. The lowest BCUT2D eigenvalue weighted by Crippen LogP contribution is -2.25. The molecule has 0 amide bonds. The smallest absolute Gasteiger partial charge is 0.395 e. The molecule has 104 valence electrons. The molecule has 0 fully saturated rings. The van der Waals surface area contributed by atoms with Gasteiger partial charge >= 0.3 is 6.29 Å². The first kappa shape index (κ1) is 12.4. The number of fused-ring (bicyclic) bond motifs is 1. The van der Waals surface area contributed by atoms with Crippen LogP contribution in [0.15, 0.2) is 24.4 Å². The number of nitrogens with two attached hydrogens (primary N) is 1. The fraction of sp³-hybridized carbons (Fsp3) is 0.167. The Labute approximate surface area is 112 Å². The van der Waals surface area contributed by atoms with E-state index in [1.807, 2.05) is 0 Å². The summed E-state index contributed by atoms with van der Waals surface area (Å²) >= 11 is 0. The van der Waals surface area contributed by atoms with Crippen LogP contribution < -0.4 is 20.5 Å². The van der Waals surface area contributed by atoms with E-state index in [9.17, 15) is 8.78 Å². The molecule has 0 atom stereocenters. The van der Waals surface area contributed by atoms with E-state index in [1.54, 1.807) is 19.2 Å². The van der Waals surface area contributed by atoms with Crippen LogP contribution in [0.3, 0.4) is 0 Å². The molecule has 1 aliphatic heterocycles. The predicted octanol–water partition coefficient (Wildman–Crippen LogP) is 2.43. The van der Waals surface area contributed by atoms with Gasteiger partial charge in [-0.3, -0.25) is 0 Å². The number of nitrogens with zero attached hydrogens (tertiary/aromatic N) is 2. The van der Waals surface area contributed by atoms with Crippen molar-refractivity contribution >= 4 is 17.5 Å². The topological polar surface area (TPSA) is 82.3 Å². The minimum Gasteiger partial charge on any atom is -0.395 e. The van der Waals surface area contributed by atoms with Crippen molar-refractivity contribution in [2.24, 2.45) is 0 Å². The van der Waals surface area contributed by atoms with Crippen molar-refractivity contribution in [1.82, 2.24) is 9.97 Å². The van der Waals surface area contributed by atoms with Gasteiger partial charge in [-0.2, -0.15) is 4.98 Å². The molecule has 0 radical (unpaired) electrons. The number of ether oxygens (including phenoxy) is 2. The van der Waals surface area contributed by atoms with Crippen molar-refractivity contribution in [3.8, 4) is 11.5 Å². The maximum atomic E-state index is 12.9. The highest BCUT2D eigenvalue weighted by molar-refractivity contribution is 5.64. The molecule has 0 aliphatic carbocycles. The van der Waals surface area contributed by atoms with Gasteiger partial charge in [0.1, 0.15) is 5.82 Å². The van der Waals surface area contributed by atoms with Crippen molar-refractivity contribution in [2.45, 2.75) is 13.2 Å². The lowest BCUT2D eigenvalue weighted by atomic mass is 10.2. The Morgan fingerprint density at radius 1 is 1.25 bits per heavy atom. The van der Waals surface area contributed by atoms with Gasteiger partial charge in [0.05, 0.1) is 0 Å². The third-order valence-electron chi connectivity index (χ3n) is 2.65. The van der Waals surface area contributed by atoms with E-state index in [-0.39, 0.29) is 17.4 Å². The molecule has 0 spiro atoms. The van der Waals surface area contributed by atoms with Crippen molar-refractivity contribution in [3.05, 3.63) is 30.0 Å². The van der Waals surface area contributed by atoms with Crippen LogP contribution in [0.1, 0.15) is 5.56 Å². The van der Waals surface area contributed by atoms with Gasteiger partial charge in [0.15, 0.2) is 11.5 Å². The van der Waals surface area contributed by atoms with Gasteiger partial charge in [0, 0.05) is 23.5 Å². The largest absolute Gasteiger partial charge is 0.586 e. The Bertz CT molecular complexity index is 679. The van der Waals surface area contributed by atoms with Crippen LogP contribution in [0.5, 0.6) is 11.5 Å². The standard InChI is InChI=1S/C12H10F2N4O2/c1-6-5-16-11(15)18-10(6)17-7-2-3-8-9(4-7)20-12(13,14)19-8/h2-5H,1H3,(H3,15,16,17,18). The lowest BCUT2D eigenvalue weighted by molar-refractivity contribution is -0.286. The van der Waals surface area contributed by atoms with Gasteiger partial charge in [-0.1, -0.05) is 0 Å². The van der Waals surface area contributed by atoms with Crippen LogP contribution in [0.2, 0.25) is 0 Å². The quantitative estimate of drug-likeness (QED) is 0.879. The number of anilines is 3. The predicted molar refractivity (Wildman–Crippen MR) is 67.1 cm³/mol. The molecule has 0 unspecified atom stereocenters. The monoisotopic (exact) mass is 280 g/mol. The summed E-state index contributed by atoms with van der Waals surface area (Å²) < 4.78 is 34.5. The van der Waals surface area contributed by atoms with Crippen LogP contribution in [0, 0.1) is 6.92 Å². The van der Waals surface area contributed by atoms with Gasteiger partial charge in [-0.05, 0) is 19.1 Å². The third kappa shape index (κ3) is 2.27. The highest BCUT2D eigenvalue weighted by Crippen LogP contribution is 2.42. The molecule has 0 bridgehead atoms. The molecule has 0 saturated carbocycles. The highest BCUT2D eigenvalue weighted by Gasteiger charge is 2.43. The number of alkyl halides is 2. The molecule has 1 aromatic heterocycles. The minimum absolute atomic E-state index is 0.0144. The summed E-state index contributed by atoms with van der Waals surface area (Å²) in [5.74, 6) is 0.549. The molecule has 6 nitrogen and oxygen atoms in total. The summed E-state index contributed by atoms with van der Waals surface area (Å²) in [4.78, 5) is 7.87. The SMILES string of the molecule is Cc1cnc(N)nc1Nc1ccc2c(c1)OC(F)(F)O2. The molecule has 20 heavy (non-hydrogen) atoms. The first-order valence-corrected chi connectivity index (χ1v) is 5.69. The molecule has 0 saturated heterocycles. The molecule has 2 aromatic rings. The number of aromatic nitrogens is 2. The number of benzene rings is 1. The van der Waals surface area contributed by atoms with Crippen molar-refractivity contribution < 1.29 is 18.3 Å². The zero-order valence-corrected chi connectivity index (χ0v) is 10.4. The summed E-state index contributed by atoms with van der Waals surface area (Å²) in [5, 5.41) is 2.96. The van der Waals surface area contributed by atoms with Gasteiger partial charge in [0.25, 0.3) is 0 Å². The van der Waals surface area contributed by atoms with Gasteiger partial charge in [-0.15, -0.1) is 8.78 Å². The summed E-state index contributed by atoms with van der Waals surface area (Å²) in [7, 11) is 0. The van der Waals surface area contributed by atoms with Gasteiger partial charge in [-0.25, -0.2) is 4.98 Å². The third-order valence-corrected chi connectivity index (χ3v) is 2.65. The number of halogens is 2. The molecular weight excluding hydrogens is 270 g/mol. The zero-order valence-electron chi connectivity index (χ0n) is 10.4. The fourth-order valence-electron chi connectivity index (χ4n) is 1.75. The van der Waals surface area contributed by atoms with E-state index in [4.69, 9.17) is 5.73 Å². The first-order chi connectivity index (χ1) is 9.43. The van der Waals surface area contributed by atoms with Crippen LogP contribution >= 0.6 is 0 Å². The average molecular weight is 280 g/mol. The van der Waals surface area contributed by atoms with Crippen LogP contribution in [0.4, 0.5) is 26.2 Å². The first-order valence-electron chi connectivity index (χ1n) is 5.69. The Kier molecular flexibility index (Phi) is 2.60. The number of nitrogens with one attached hydrogen (secondary N) is 1. The average Bonchev–Trinajstić information content (AvgIpc) is 2.67. The number of aryl methyl sites for hydroxylation is 1. The van der Waals surface area contributed by atoms with Crippen molar-refractivity contribution in [2.75, 3.05) is 11.1 Å². The summed E-state index contributed by atoms with van der Waals surface area (Å²) in [5.41, 5.74) is 6.79. The van der Waals surface area contributed by atoms with E-state index in [2.05, 4.69) is 24.8 Å². The van der Waals surface area contributed by atoms with E-state index < -0.39 is 6.29 Å². The Morgan fingerprint density at radius 3 is 2.80 bits per heavy atom. The summed E-state index contributed by atoms with van der Waals surface area (Å²) in [6.07, 6.45) is -2.07. The summed E-state index contributed by atoms with van der Waals surface area (Å²) in [6, 6.07) is 4.35. The van der Waals surface area contributed by atoms with E-state index in [0.29, 0.717) is 11.5 Å². The van der Waals surface area contributed by atoms with E-state index in [0.717, 1.165) is 5.56 Å². The normalized spacial score (nSPS) is 15.2. The second-order valence-corrected chi connectivity index (χ2v) is 4.21. The highest BCUT2D eigenvalue weighted by atomic mass is 19.3. The van der Waals surface area contributed by atoms with Crippen molar-refractivity contribution in [1.29, 1.82) is 0 Å². The zero-order chi connectivity index (χ0) is 14.3. The number of hydrogen-bond donors (Lipinski definition) is 2. The van der Waals surface area contributed by atoms with Crippen LogP contribution in [-0.4, -0.2) is 16.3 Å². The molecule has 1 aliphatic rings. The van der Waals surface area contributed by atoms with Crippen LogP contribution in [0.25, 0.3) is 0 Å². The van der Waals surface area contributed by atoms with Gasteiger partial charge in [0.2, 0.25) is 5.95 Å². The lowest BCUT2D eigenvalue weighted by Gasteiger charge is -2.09. The van der Waals surface area contributed by atoms with E-state index >= 15 is 0 Å². The molecule has 8 heteroatoms. The number of nitrogen functional groups attached to an aromatic ring is 1.